The van der Waals surface area contributed by atoms with Crippen molar-refractivity contribution in [3.63, 3.8) is 0 Å². The van der Waals surface area contributed by atoms with Gasteiger partial charge in [0, 0.05) is 31.7 Å². The fraction of sp³-hybridized carbons (Fsp3) is 0.412. The lowest BCUT2D eigenvalue weighted by molar-refractivity contribution is 0.0896. The van der Waals surface area contributed by atoms with E-state index in [0.717, 1.165) is 19.5 Å². The zero-order valence-corrected chi connectivity index (χ0v) is 13.0. The van der Waals surface area contributed by atoms with Crippen LogP contribution in [0.5, 0.6) is 0 Å². The van der Waals surface area contributed by atoms with Crippen LogP contribution in [0.3, 0.4) is 0 Å². The van der Waals surface area contributed by atoms with Crippen molar-refractivity contribution >= 4 is 5.91 Å². The summed E-state index contributed by atoms with van der Waals surface area (Å²) in [5.41, 5.74) is 3.54. The van der Waals surface area contributed by atoms with Gasteiger partial charge in [-0.05, 0) is 31.4 Å². The highest BCUT2D eigenvalue weighted by molar-refractivity contribution is 5.91. The Balaban J connectivity index is 1.55. The van der Waals surface area contributed by atoms with Crippen molar-refractivity contribution in [3.8, 4) is 0 Å². The molecular weight excluding hydrogens is 278 g/mol. The van der Waals surface area contributed by atoms with Crippen LogP contribution in [0.4, 0.5) is 0 Å². The number of aryl methyl sites for hydroxylation is 1. The zero-order chi connectivity index (χ0) is 15.5. The lowest BCUT2D eigenvalue weighted by atomic mass is 9.99. The molecule has 1 unspecified atom stereocenters. The molecular formula is C17H21N3O2. The van der Waals surface area contributed by atoms with Crippen molar-refractivity contribution in [2.45, 2.75) is 32.9 Å². The van der Waals surface area contributed by atoms with Crippen LogP contribution in [0.1, 0.15) is 34.3 Å². The molecule has 116 valence electrons. The van der Waals surface area contributed by atoms with Crippen LogP contribution in [0, 0.1) is 6.92 Å². The molecule has 0 bridgehead atoms. The Kier molecular flexibility index (Phi) is 4.24. The minimum Gasteiger partial charge on any atom is -0.351 e. The molecule has 0 fully saturated rings. The number of hydrogen-bond acceptors (Lipinski definition) is 4. The Labute approximate surface area is 130 Å². The van der Waals surface area contributed by atoms with Gasteiger partial charge in [-0.25, -0.2) is 0 Å². The molecule has 0 spiro atoms. The molecule has 1 atom stereocenters. The first-order valence-corrected chi connectivity index (χ1v) is 7.66. The summed E-state index contributed by atoms with van der Waals surface area (Å²) < 4.78 is 4.97. The van der Waals surface area contributed by atoms with Crippen molar-refractivity contribution in [2.24, 2.45) is 0 Å². The summed E-state index contributed by atoms with van der Waals surface area (Å²) in [5.74, 6) is 0.0681. The Morgan fingerprint density at radius 1 is 1.41 bits per heavy atom. The van der Waals surface area contributed by atoms with E-state index in [0.29, 0.717) is 12.2 Å². The van der Waals surface area contributed by atoms with Crippen LogP contribution in [0.15, 0.2) is 34.9 Å². The number of carbonyl (C=O) groups is 1. The van der Waals surface area contributed by atoms with E-state index in [1.54, 1.807) is 13.0 Å². The number of rotatable bonds is 4. The predicted molar refractivity (Wildman–Crippen MR) is 83.6 cm³/mol. The Morgan fingerprint density at radius 3 is 2.91 bits per heavy atom. The highest BCUT2D eigenvalue weighted by Gasteiger charge is 2.21. The third kappa shape index (κ3) is 3.20. The van der Waals surface area contributed by atoms with Gasteiger partial charge in [-0.1, -0.05) is 29.4 Å². The molecule has 1 amide bonds. The van der Waals surface area contributed by atoms with Crippen molar-refractivity contribution in [1.29, 1.82) is 0 Å². The van der Waals surface area contributed by atoms with E-state index < -0.39 is 0 Å². The van der Waals surface area contributed by atoms with E-state index in [1.807, 2.05) is 0 Å². The van der Waals surface area contributed by atoms with Crippen LogP contribution in [-0.4, -0.2) is 35.1 Å². The minimum atomic E-state index is -0.204. The van der Waals surface area contributed by atoms with Crippen LogP contribution in [-0.2, 0) is 13.0 Å². The molecule has 0 saturated heterocycles. The summed E-state index contributed by atoms with van der Waals surface area (Å²) in [6.07, 6.45) is 1.07. The monoisotopic (exact) mass is 299 g/mol. The summed E-state index contributed by atoms with van der Waals surface area (Å²) >= 11 is 0. The second-order valence-corrected chi connectivity index (χ2v) is 5.88. The number of nitrogens with one attached hydrogen (secondary N) is 1. The highest BCUT2D eigenvalue weighted by Crippen LogP contribution is 2.19. The summed E-state index contributed by atoms with van der Waals surface area (Å²) in [4.78, 5) is 14.4. The zero-order valence-electron chi connectivity index (χ0n) is 13.0. The topological polar surface area (TPSA) is 58.4 Å². The molecule has 1 aliphatic rings. The van der Waals surface area contributed by atoms with Gasteiger partial charge in [0.25, 0.3) is 5.91 Å². The van der Waals surface area contributed by atoms with E-state index in [1.165, 1.54) is 11.1 Å². The minimum absolute atomic E-state index is 0.204. The number of carbonyl (C=O) groups excluding carboxylic acids is 1. The van der Waals surface area contributed by atoms with Gasteiger partial charge in [0.1, 0.15) is 0 Å². The van der Waals surface area contributed by atoms with Gasteiger partial charge >= 0.3 is 0 Å². The summed E-state index contributed by atoms with van der Waals surface area (Å²) in [6, 6.07) is 10.5. The van der Waals surface area contributed by atoms with Crippen LogP contribution in [0.25, 0.3) is 0 Å². The van der Waals surface area contributed by atoms with Crippen molar-refractivity contribution in [3.05, 3.63) is 52.9 Å². The van der Waals surface area contributed by atoms with E-state index in [9.17, 15) is 4.79 Å². The fourth-order valence-corrected chi connectivity index (χ4v) is 2.82. The molecule has 1 N–H and O–H groups in total. The summed E-state index contributed by atoms with van der Waals surface area (Å²) in [6.45, 7) is 6.50. The number of fused-ring (bicyclic) bond motifs is 1. The third-order valence-electron chi connectivity index (χ3n) is 4.19. The van der Waals surface area contributed by atoms with Crippen molar-refractivity contribution < 1.29 is 9.32 Å². The average molecular weight is 299 g/mol. The number of benzene rings is 1. The molecule has 5 nitrogen and oxygen atoms in total. The first-order valence-electron chi connectivity index (χ1n) is 7.66. The fourth-order valence-electron chi connectivity index (χ4n) is 2.82. The largest absolute Gasteiger partial charge is 0.351 e. The average Bonchev–Trinajstić information content (AvgIpc) is 2.98. The molecule has 1 aromatic carbocycles. The van der Waals surface area contributed by atoms with Gasteiger partial charge in [0.2, 0.25) is 5.76 Å². The van der Waals surface area contributed by atoms with E-state index >= 15 is 0 Å². The number of amides is 1. The first-order chi connectivity index (χ1) is 10.6. The van der Waals surface area contributed by atoms with Gasteiger partial charge in [0.05, 0.1) is 5.69 Å². The Bertz CT molecular complexity index is 665. The molecule has 0 aliphatic carbocycles. The van der Waals surface area contributed by atoms with Crippen molar-refractivity contribution in [2.75, 3.05) is 13.1 Å². The number of aromatic nitrogens is 1. The molecule has 2 heterocycles. The second-order valence-electron chi connectivity index (χ2n) is 5.88. The van der Waals surface area contributed by atoms with E-state index in [4.69, 9.17) is 4.52 Å². The molecule has 1 aromatic heterocycles. The van der Waals surface area contributed by atoms with E-state index in [2.05, 4.69) is 46.6 Å². The van der Waals surface area contributed by atoms with Crippen molar-refractivity contribution in [1.82, 2.24) is 15.4 Å². The van der Waals surface area contributed by atoms with Crippen LogP contribution >= 0.6 is 0 Å². The standard InChI is InChI=1S/C17H21N3O2/c1-12-9-16(22-19-12)17(21)18-10-13(2)20-8-7-14-5-3-4-6-15(14)11-20/h3-6,9,13H,7-8,10-11H2,1-2H3,(H,18,21). The third-order valence-corrected chi connectivity index (χ3v) is 4.19. The molecule has 1 aliphatic heterocycles. The SMILES string of the molecule is Cc1cc(C(=O)NCC(C)N2CCc3ccccc3C2)on1. The van der Waals surface area contributed by atoms with Gasteiger partial charge in [-0.2, -0.15) is 0 Å². The van der Waals surface area contributed by atoms with Gasteiger partial charge in [-0.15, -0.1) is 0 Å². The Hall–Kier alpha value is -2.14. The molecule has 2 aromatic rings. The normalized spacial score (nSPS) is 16.1. The summed E-state index contributed by atoms with van der Waals surface area (Å²) in [5, 5.41) is 6.65. The Morgan fingerprint density at radius 2 is 2.18 bits per heavy atom. The number of nitrogens with zero attached hydrogens (tertiary/aromatic N) is 2. The van der Waals surface area contributed by atoms with E-state index in [-0.39, 0.29) is 17.7 Å². The number of hydrogen-bond donors (Lipinski definition) is 1. The smallest absolute Gasteiger partial charge is 0.289 e. The maximum Gasteiger partial charge on any atom is 0.289 e. The molecule has 5 heteroatoms. The first kappa shape index (κ1) is 14.8. The van der Waals surface area contributed by atoms with Gasteiger partial charge < -0.3 is 9.84 Å². The molecule has 0 saturated carbocycles. The molecule has 22 heavy (non-hydrogen) atoms. The lowest BCUT2D eigenvalue weighted by Gasteiger charge is -2.33. The quantitative estimate of drug-likeness (QED) is 0.940. The molecule has 0 radical (unpaired) electrons. The predicted octanol–water partition coefficient (Wildman–Crippen LogP) is 2.16. The lowest BCUT2D eigenvalue weighted by Crippen LogP contribution is -2.44. The molecule has 3 rings (SSSR count). The van der Waals surface area contributed by atoms with Gasteiger partial charge in [0.15, 0.2) is 0 Å². The maximum absolute atomic E-state index is 12.0. The van der Waals surface area contributed by atoms with Crippen LogP contribution < -0.4 is 5.32 Å². The van der Waals surface area contributed by atoms with Crippen LogP contribution in [0.2, 0.25) is 0 Å². The maximum atomic E-state index is 12.0. The van der Waals surface area contributed by atoms with Gasteiger partial charge in [-0.3, -0.25) is 9.69 Å². The summed E-state index contributed by atoms with van der Waals surface area (Å²) in [7, 11) is 0. The highest BCUT2D eigenvalue weighted by atomic mass is 16.5. The second kappa shape index (κ2) is 6.32.